The van der Waals surface area contributed by atoms with Crippen molar-refractivity contribution in [3.05, 3.63) is 65.7 Å². The van der Waals surface area contributed by atoms with Crippen LogP contribution in [0.4, 0.5) is 0 Å². The molecule has 0 bridgehead atoms. The number of sulfone groups is 1. The minimum atomic E-state index is -3.29. The van der Waals surface area contributed by atoms with Crippen LogP contribution in [-0.4, -0.2) is 44.7 Å². The van der Waals surface area contributed by atoms with Crippen molar-refractivity contribution in [2.24, 2.45) is 5.73 Å². The largest absolute Gasteiger partial charge is 0.326 e. The molecule has 0 radical (unpaired) electrons. The van der Waals surface area contributed by atoms with Crippen molar-refractivity contribution in [2.45, 2.75) is 43.0 Å². The fourth-order valence-electron chi connectivity index (χ4n) is 3.68. The molecule has 0 saturated carbocycles. The first-order valence-electron chi connectivity index (χ1n) is 9.53. The van der Waals surface area contributed by atoms with Gasteiger partial charge in [-0.1, -0.05) is 63.2 Å². The molecule has 2 atom stereocenters. The van der Waals surface area contributed by atoms with Gasteiger partial charge in [-0.15, -0.1) is 0 Å². The summed E-state index contributed by atoms with van der Waals surface area (Å²) < 4.78 is 25.4. The van der Waals surface area contributed by atoms with Gasteiger partial charge in [0.25, 0.3) is 0 Å². The van der Waals surface area contributed by atoms with Gasteiger partial charge in [-0.05, 0) is 28.7 Å². The molecule has 5 heteroatoms. The summed E-state index contributed by atoms with van der Waals surface area (Å²) in [7, 11) is -3.29. The zero-order valence-corrected chi connectivity index (χ0v) is 17.2. The first-order valence-corrected chi connectivity index (χ1v) is 11.2. The summed E-state index contributed by atoms with van der Waals surface area (Å²) in [5.41, 5.74) is 8.70. The van der Waals surface area contributed by atoms with Crippen LogP contribution in [-0.2, 0) is 15.3 Å². The van der Waals surface area contributed by atoms with Gasteiger partial charge in [0.15, 0.2) is 9.84 Å². The first kappa shape index (κ1) is 20.1. The highest BCUT2D eigenvalue weighted by atomic mass is 32.2. The summed E-state index contributed by atoms with van der Waals surface area (Å²) in [6.45, 7) is 8.42. The molecule has 0 spiro atoms. The molecule has 0 amide bonds. The molecule has 2 aromatic carbocycles. The molecule has 146 valence electrons. The minimum Gasteiger partial charge on any atom is -0.326 e. The molecule has 1 saturated heterocycles. The Hall–Kier alpha value is -1.69. The van der Waals surface area contributed by atoms with Crippen molar-refractivity contribution in [1.82, 2.24) is 4.90 Å². The van der Waals surface area contributed by atoms with E-state index in [1.165, 1.54) is 5.56 Å². The van der Waals surface area contributed by atoms with E-state index in [2.05, 4.69) is 37.8 Å². The second-order valence-electron chi connectivity index (χ2n) is 8.53. The third-order valence-electron chi connectivity index (χ3n) is 5.42. The molecule has 0 unspecified atom stereocenters. The number of hydrogen-bond donors (Lipinski definition) is 1. The summed E-state index contributed by atoms with van der Waals surface area (Å²) in [6.07, 6.45) is 0. The van der Waals surface area contributed by atoms with Crippen LogP contribution in [0.15, 0.2) is 59.5 Å². The van der Waals surface area contributed by atoms with Crippen LogP contribution in [0.1, 0.15) is 37.8 Å². The Balaban J connectivity index is 1.62. The second kappa shape index (κ2) is 7.74. The Morgan fingerprint density at radius 2 is 1.63 bits per heavy atom. The second-order valence-corrected chi connectivity index (χ2v) is 10.6. The topological polar surface area (TPSA) is 63.4 Å². The van der Waals surface area contributed by atoms with E-state index in [4.69, 9.17) is 5.73 Å². The average molecular weight is 387 g/mol. The van der Waals surface area contributed by atoms with E-state index in [1.807, 2.05) is 30.3 Å². The summed E-state index contributed by atoms with van der Waals surface area (Å²) in [4.78, 5) is 2.57. The summed E-state index contributed by atoms with van der Waals surface area (Å²) in [5.74, 6) is 0.385. The maximum Gasteiger partial charge on any atom is 0.179 e. The van der Waals surface area contributed by atoms with Crippen molar-refractivity contribution >= 4 is 9.84 Å². The normalized spacial score (nSPS) is 21.5. The Morgan fingerprint density at radius 3 is 2.22 bits per heavy atom. The zero-order chi connectivity index (χ0) is 19.7. The van der Waals surface area contributed by atoms with Crippen LogP contribution < -0.4 is 5.73 Å². The van der Waals surface area contributed by atoms with Gasteiger partial charge in [-0.2, -0.15) is 0 Å². The first-order chi connectivity index (χ1) is 12.7. The molecule has 2 N–H and O–H groups in total. The third kappa shape index (κ3) is 4.78. The van der Waals surface area contributed by atoms with Gasteiger partial charge in [-0.25, -0.2) is 8.42 Å². The summed E-state index contributed by atoms with van der Waals surface area (Å²) >= 11 is 0. The standard InChI is InChI=1S/C22H30N2O2S/c1-22(2,3)18-9-11-19(12-10-18)27(25,26)14-13-24-15-20(21(23)16-24)17-7-5-4-6-8-17/h4-12,20-21H,13-16,23H2,1-3H3/t20-,21+/m0/s1. The molecule has 1 aliphatic heterocycles. The monoisotopic (exact) mass is 386 g/mol. The lowest BCUT2D eigenvalue weighted by Crippen LogP contribution is -2.31. The van der Waals surface area contributed by atoms with Gasteiger partial charge in [0.1, 0.15) is 0 Å². The molecule has 0 aliphatic carbocycles. The number of benzene rings is 2. The van der Waals surface area contributed by atoms with Crippen molar-refractivity contribution in [2.75, 3.05) is 25.4 Å². The highest BCUT2D eigenvalue weighted by Gasteiger charge is 2.31. The van der Waals surface area contributed by atoms with Crippen LogP contribution in [0.5, 0.6) is 0 Å². The predicted molar refractivity (Wildman–Crippen MR) is 111 cm³/mol. The van der Waals surface area contributed by atoms with Gasteiger partial charge in [0, 0.05) is 31.6 Å². The maximum absolute atomic E-state index is 12.7. The van der Waals surface area contributed by atoms with Crippen molar-refractivity contribution in [3.8, 4) is 0 Å². The Labute approximate surface area is 163 Å². The molecular formula is C22H30N2O2S. The van der Waals surface area contributed by atoms with Gasteiger partial charge in [0.2, 0.25) is 0 Å². The lowest BCUT2D eigenvalue weighted by molar-refractivity contribution is 0.351. The van der Waals surface area contributed by atoms with Crippen molar-refractivity contribution in [1.29, 1.82) is 0 Å². The van der Waals surface area contributed by atoms with E-state index in [0.717, 1.165) is 18.7 Å². The molecule has 4 nitrogen and oxygen atoms in total. The van der Waals surface area contributed by atoms with Crippen molar-refractivity contribution < 1.29 is 8.42 Å². The van der Waals surface area contributed by atoms with Crippen molar-refractivity contribution in [3.63, 3.8) is 0 Å². The number of nitrogens with zero attached hydrogens (tertiary/aromatic N) is 1. The highest BCUT2D eigenvalue weighted by Crippen LogP contribution is 2.27. The van der Waals surface area contributed by atoms with Gasteiger partial charge < -0.3 is 10.6 Å². The zero-order valence-electron chi connectivity index (χ0n) is 16.4. The molecule has 2 aromatic rings. The number of hydrogen-bond acceptors (Lipinski definition) is 4. The van der Waals surface area contributed by atoms with E-state index >= 15 is 0 Å². The van der Waals surface area contributed by atoms with Gasteiger partial charge in [0.05, 0.1) is 10.6 Å². The van der Waals surface area contributed by atoms with Gasteiger partial charge in [-0.3, -0.25) is 0 Å². The Kier molecular flexibility index (Phi) is 5.75. The summed E-state index contributed by atoms with van der Waals surface area (Å²) in [5, 5.41) is 0. The van der Waals surface area contributed by atoms with Crippen LogP contribution >= 0.6 is 0 Å². The molecule has 1 heterocycles. The SMILES string of the molecule is CC(C)(C)c1ccc(S(=O)(=O)CCN2C[C@@H](N)[C@H](c3ccccc3)C2)cc1. The summed E-state index contributed by atoms with van der Waals surface area (Å²) in [6, 6.07) is 17.6. The van der Waals surface area contributed by atoms with Crippen LogP contribution in [0.25, 0.3) is 0 Å². The lowest BCUT2D eigenvalue weighted by atomic mass is 9.87. The van der Waals surface area contributed by atoms with E-state index < -0.39 is 9.84 Å². The van der Waals surface area contributed by atoms with Crippen LogP contribution in [0.2, 0.25) is 0 Å². The molecule has 27 heavy (non-hydrogen) atoms. The fourth-order valence-corrected chi connectivity index (χ4v) is 4.96. The van der Waals surface area contributed by atoms with E-state index in [-0.39, 0.29) is 23.1 Å². The maximum atomic E-state index is 12.7. The van der Waals surface area contributed by atoms with Crippen LogP contribution in [0.3, 0.4) is 0 Å². The fraction of sp³-hybridized carbons (Fsp3) is 0.455. The van der Waals surface area contributed by atoms with Gasteiger partial charge >= 0.3 is 0 Å². The number of nitrogens with two attached hydrogens (primary N) is 1. The smallest absolute Gasteiger partial charge is 0.179 e. The Morgan fingerprint density at radius 1 is 1.00 bits per heavy atom. The van der Waals surface area contributed by atoms with E-state index in [9.17, 15) is 8.42 Å². The van der Waals surface area contributed by atoms with Crippen LogP contribution in [0, 0.1) is 0 Å². The molecule has 1 fully saturated rings. The number of rotatable bonds is 5. The molecular weight excluding hydrogens is 356 g/mol. The third-order valence-corrected chi connectivity index (χ3v) is 7.13. The van der Waals surface area contributed by atoms with E-state index in [0.29, 0.717) is 11.4 Å². The minimum absolute atomic E-state index is 0.0143. The predicted octanol–water partition coefficient (Wildman–Crippen LogP) is 3.18. The Bertz CT molecular complexity index is 855. The number of likely N-dealkylation sites (tertiary alicyclic amines) is 1. The average Bonchev–Trinajstić information content (AvgIpc) is 3.01. The van der Waals surface area contributed by atoms with E-state index in [1.54, 1.807) is 12.1 Å². The highest BCUT2D eigenvalue weighted by molar-refractivity contribution is 7.91. The molecule has 1 aliphatic rings. The molecule has 0 aromatic heterocycles. The lowest BCUT2D eigenvalue weighted by Gasteiger charge is -2.19. The molecule has 3 rings (SSSR count). The quantitative estimate of drug-likeness (QED) is 0.857.